The molecule has 160 valence electrons. The van der Waals surface area contributed by atoms with Crippen LogP contribution in [0.3, 0.4) is 0 Å². The molecule has 0 aliphatic rings. The highest BCUT2D eigenvalue weighted by Crippen LogP contribution is 2.28. The predicted molar refractivity (Wildman–Crippen MR) is 120 cm³/mol. The van der Waals surface area contributed by atoms with E-state index in [1.807, 2.05) is 34.9 Å². The molecule has 0 unspecified atom stereocenters. The topological polar surface area (TPSA) is 111 Å². The molecule has 3 aromatic rings. The van der Waals surface area contributed by atoms with E-state index in [1.165, 1.54) is 17.3 Å². The maximum atomic E-state index is 12.4. The second-order valence-electron chi connectivity index (χ2n) is 8.18. The van der Waals surface area contributed by atoms with Crippen molar-refractivity contribution >= 4 is 17.5 Å². The first kappa shape index (κ1) is 22.4. The van der Waals surface area contributed by atoms with Crippen molar-refractivity contribution in [2.75, 3.05) is 5.75 Å². The number of allylic oxidation sites excluding steroid dienone is 2. The number of Topliss-reactive ketones (excluding diaryl/α,β-unsaturated/α-hetero) is 1. The van der Waals surface area contributed by atoms with Crippen LogP contribution in [0.2, 0.25) is 0 Å². The summed E-state index contributed by atoms with van der Waals surface area (Å²) >= 11 is 1.22. The molecule has 0 atom stereocenters. The van der Waals surface area contributed by atoms with Gasteiger partial charge in [-0.15, -0.1) is 10.2 Å². The van der Waals surface area contributed by atoms with E-state index in [-0.39, 0.29) is 28.2 Å². The minimum absolute atomic E-state index is 0.0254. The van der Waals surface area contributed by atoms with Crippen molar-refractivity contribution in [3.05, 3.63) is 65.3 Å². The van der Waals surface area contributed by atoms with E-state index in [4.69, 9.17) is 15.4 Å². The Morgan fingerprint density at radius 3 is 2.48 bits per heavy atom. The van der Waals surface area contributed by atoms with Gasteiger partial charge in [-0.3, -0.25) is 9.36 Å². The van der Waals surface area contributed by atoms with Gasteiger partial charge < -0.3 is 10.2 Å². The fraction of sp³-hybridized carbons (Fsp3) is 0.304. The van der Waals surface area contributed by atoms with Crippen LogP contribution < -0.4 is 5.73 Å². The van der Waals surface area contributed by atoms with E-state index in [9.17, 15) is 4.79 Å². The highest BCUT2D eigenvalue weighted by atomic mass is 32.2. The summed E-state index contributed by atoms with van der Waals surface area (Å²) < 4.78 is 7.42. The van der Waals surface area contributed by atoms with Crippen molar-refractivity contribution in [1.82, 2.24) is 14.8 Å². The van der Waals surface area contributed by atoms with Gasteiger partial charge in [-0.05, 0) is 30.0 Å². The summed E-state index contributed by atoms with van der Waals surface area (Å²) in [5, 5.41) is 18.4. The van der Waals surface area contributed by atoms with E-state index < -0.39 is 0 Å². The summed E-state index contributed by atoms with van der Waals surface area (Å²) in [6, 6.07) is 13.8. The first-order chi connectivity index (χ1) is 14.7. The van der Waals surface area contributed by atoms with E-state index >= 15 is 0 Å². The van der Waals surface area contributed by atoms with E-state index in [1.54, 1.807) is 13.2 Å². The van der Waals surface area contributed by atoms with Crippen molar-refractivity contribution in [3.63, 3.8) is 0 Å². The SMILES string of the molecule is C/C(N)=C(\C#N)C(=O)CSc1nnc(-c2ccc(C(C)(C)C)cc2)n1Cc1ccco1. The van der Waals surface area contributed by atoms with Crippen molar-refractivity contribution in [1.29, 1.82) is 5.26 Å². The largest absolute Gasteiger partial charge is 0.467 e. The lowest BCUT2D eigenvalue weighted by Crippen LogP contribution is -2.11. The fourth-order valence-electron chi connectivity index (χ4n) is 3.00. The molecule has 0 bridgehead atoms. The molecule has 0 saturated heterocycles. The number of thioether (sulfide) groups is 1. The van der Waals surface area contributed by atoms with Crippen molar-refractivity contribution in [3.8, 4) is 17.5 Å². The lowest BCUT2D eigenvalue weighted by Gasteiger charge is -2.19. The smallest absolute Gasteiger partial charge is 0.192 e. The quantitative estimate of drug-likeness (QED) is 0.334. The molecule has 0 saturated carbocycles. The molecule has 1 aromatic carbocycles. The van der Waals surface area contributed by atoms with Crippen LogP contribution >= 0.6 is 11.8 Å². The van der Waals surface area contributed by atoms with Gasteiger partial charge in [0.15, 0.2) is 16.8 Å². The van der Waals surface area contributed by atoms with Crippen molar-refractivity contribution < 1.29 is 9.21 Å². The Hall–Kier alpha value is -3.31. The minimum Gasteiger partial charge on any atom is -0.467 e. The molecule has 0 spiro atoms. The number of ketones is 1. The normalized spacial score (nSPS) is 12.4. The summed E-state index contributed by atoms with van der Waals surface area (Å²) in [5.74, 6) is 1.13. The first-order valence-electron chi connectivity index (χ1n) is 9.79. The number of aromatic nitrogens is 3. The highest BCUT2D eigenvalue weighted by molar-refractivity contribution is 7.99. The first-order valence-corrected chi connectivity index (χ1v) is 10.8. The van der Waals surface area contributed by atoms with Gasteiger partial charge in [-0.2, -0.15) is 5.26 Å². The number of nitriles is 1. The average Bonchev–Trinajstić information content (AvgIpc) is 3.36. The van der Waals surface area contributed by atoms with Crippen molar-refractivity contribution in [2.45, 2.75) is 44.8 Å². The predicted octanol–water partition coefficient (Wildman–Crippen LogP) is 4.30. The zero-order chi connectivity index (χ0) is 22.6. The number of carbonyl (C=O) groups excluding carboxylic acids is 1. The van der Waals surface area contributed by atoms with Gasteiger partial charge in [0.05, 0.1) is 18.6 Å². The van der Waals surface area contributed by atoms with Crippen LogP contribution in [0.1, 0.15) is 39.0 Å². The summed E-state index contributed by atoms with van der Waals surface area (Å²) in [4.78, 5) is 12.4. The van der Waals surface area contributed by atoms with Crippen LogP contribution in [0.4, 0.5) is 0 Å². The van der Waals surface area contributed by atoms with Crippen molar-refractivity contribution in [2.24, 2.45) is 5.73 Å². The molecule has 0 fully saturated rings. The molecule has 2 N–H and O–H groups in total. The molecule has 0 radical (unpaired) electrons. The number of nitrogens with zero attached hydrogens (tertiary/aromatic N) is 4. The van der Waals surface area contributed by atoms with E-state index in [0.717, 1.165) is 11.3 Å². The second kappa shape index (κ2) is 9.23. The van der Waals surface area contributed by atoms with Gasteiger partial charge in [-0.1, -0.05) is 56.8 Å². The van der Waals surface area contributed by atoms with Crippen LogP contribution in [-0.2, 0) is 16.8 Å². The van der Waals surface area contributed by atoms with Crippen LogP contribution in [0, 0.1) is 11.3 Å². The minimum atomic E-state index is -0.337. The fourth-order valence-corrected chi connectivity index (χ4v) is 3.81. The maximum absolute atomic E-state index is 12.4. The Balaban J connectivity index is 1.92. The average molecular weight is 436 g/mol. The summed E-state index contributed by atoms with van der Waals surface area (Å²) in [7, 11) is 0. The van der Waals surface area contributed by atoms with Gasteiger partial charge in [0.2, 0.25) is 0 Å². The van der Waals surface area contributed by atoms with Gasteiger partial charge >= 0.3 is 0 Å². The number of furan rings is 1. The Morgan fingerprint density at radius 2 is 1.94 bits per heavy atom. The van der Waals surface area contributed by atoms with Crippen LogP contribution in [0.5, 0.6) is 0 Å². The number of nitrogens with two attached hydrogens (primary N) is 1. The molecule has 8 heteroatoms. The Morgan fingerprint density at radius 1 is 1.23 bits per heavy atom. The Bertz CT molecular complexity index is 1130. The number of hydrogen-bond acceptors (Lipinski definition) is 7. The number of rotatable bonds is 7. The number of hydrogen-bond donors (Lipinski definition) is 1. The molecule has 7 nitrogen and oxygen atoms in total. The standard InChI is InChI=1S/C23H25N5O2S/c1-15(25)19(12-24)20(29)14-31-22-27-26-21(28(22)13-18-6-5-11-30-18)16-7-9-17(10-8-16)23(2,3)4/h5-11H,13-14,25H2,1-4H3/b19-15-. The number of carbonyl (C=O) groups is 1. The molecular formula is C23H25N5O2S. The van der Waals surface area contributed by atoms with E-state index in [0.29, 0.717) is 17.5 Å². The molecule has 2 heterocycles. The summed E-state index contributed by atoms with van der Waals surface area (Å²) in [6.45, 7) is 8.46. The Kier molecular flexibility index (Phi) is 6.66. The van der Waals surface area contributed by atoms with Crippen LogP contribution in [0.25, 0.3) is 11.4 Å². The lowest BCUT2D eigenvalue weighted by molar-refractivity contribution is -0.112. The highest BCUT2D eigenvalue weighted by Gasteiger charge is 2.20. The van der Waals surface area contributed by atoms with E-state index in [2.05, 4.69) is 43.1 Å². The molecule has 0 aliphatic heterocycles. The summed E-state index contributed by atoms with van der Waals surface area (Å²) in [6.07, 6.45) is 1.61. The molecule has 2 aromatic heterocycles. The molecule has 3 rings (SSSR count). The van der Waals surface area contributed by atoms with Gasteiger partial charge in [0.25, 0.3) is 0 Å². The van der Waals surface area contributed by atoms with Gasteiger partial charge in [0.1, 0.15) is 17.4 Å². The van der Waals surface area contributed by atoms with Gasteiger partial charge in [-0.25, -0.2) is 0 Å². The van der Waals surface area contributed by atoms with Gasteiger partial charge in [0, 0.05) is 11.3 Å². The molecule has 0 aliphatic carbocycles. The summed E-state index contributed by atoms with van der Waals surface area (Å²) in [5.41, 5.74) is 8.02. The number of benzene rings is 1. The third-order valence-electron chi connectivity index (χ3n) is 4.74. The van der Waals surface area contributed by atoms with Crippen LogP contribution in [-0.4, -0.2) is 26.3 Å². The molecule has 0 amide bonds. The Labute approximate surface area is 186 Å². The monoisotopic (exact) mass is 435 g/mol. The zero-order valence-corrected chi connectivity index (χ0v) is 18.9. The van der Waals surface area contributed by atoms with Crippen LogP contribution in [0.15, 0.2) is 63.5 Å². The third-order valence-corrected chi connectivity index (χ3v) is 5.70. The lowest BCUT2D eigenvalue weighted by atomic mass is 9.87. The molecular weight excluding hydrogens is 410 g/mol. The maximum Gasteiger partial charge on any atom is 0.192 e. The third kappa shape index (κ3) is 5.25. The molecule has 31 heavy (non-hydrogen) atoms. The zero-order valence-electron chi connectivity index (χ0n) is 18.0. The second-order valence-corrected chi connectivity index (χ2v) is 9.12.